The van der Waals surface area contributed by atoms with Crippen LogP contribution in [0.5, 0.6) is 0 Å². The highest BCUT2D eigenvalue weighted by molar-refractivity contribution is 5.98. The van der Waals surface area contributed by atoms with Crippen LogP contribution in [0.15, 0.2) is 42.6 Å². The van der Waals surface area contributed by atoms with Crippen LogP contribution in [0.4, 0.5) is 15.9 Å². The van der Waals surface area contributed by atoms with Gasteiger partial charge in [0.25, 0.3) is 5.91 Å². The lowest BCUT2D eigenvalue weighted by atomic mass is 10.0. The molecule has 1 atom stereocenters. The third-order valence-electron chi connectivity index (χ3n) is 5.17. The Kier molecular flexibility index (Phi) is 5.34. The van der Waals surface area contributed by atoms with Crippen molar-refractivity contribution in [1.82, 2.24) is 15.3 Å². The summed E-state index contributed by atoms with van der Waals surface area (Å²) in [4.78, 5) is 24.2. The van der Waals surface area contributed by atoms with Crippen LogP contribution >= 0.6 is 0 Å². The molecule has 0 spiro atoms. The molecule has 0 aliphatic carbocycles. The molecule has 3 aromatic rings. The molecule has 0 saturated carbocycles. The molecule has 1 aliphatic rings. The maximum Gasteiger partial charge on any atom is 0.251 e. The maximum atomic E-state index is 13.7. The average molecular weight is 444 g/mol. The standard InChI is InChI=1S/C23H26FN5O3/c1-15(27-18-4-2-3-17(24)13-18)19-11-16(23(31)25-5-8-30)12-20-22(19)28-21(14-26-20)29-6-9-32-10-7-29/h2-4,11-15,27,30H,5-10H2,1H3,(H,25,31)/i5D2,8D2. The predicted molar refractivity (Wildman–Crippen MR) is 120 cm³/mol. The number of carbonyl (C=O) groups is 1. The van der Waals surface area contributed by atoms with Crippen molar-refractivity contribution in [2.24, 2.45) is 0 Å². The summed E-state index contributed by atoms with van der Waals surface area (Å²) in [6, 6.07) is 8.35. The molecule has 1 unspecified atom stereocenters. The van der Waals surface area contributed by atoms with E-state index in [4.69, 9.17) is 15.2 Å². The van der Waals surface area contributed by atoms with Gasteiger partial charge in [0.1, 0.15) is 11.6 Å². The van der Waals surface area contributed by atoms with E-state index in [0.717, 1.165) is 0 Å². The van der Waals surface area contributed by atoms with Crippen LogP contribution < -0.4 is 15.5 Å². The Bertz CT molecular complexity index is 1270. The Balaban J connectivity index is 1.76. The lowest BCUT2D eigenvalue weighted by Crippen LogP contribution is -2.36. The van der Waals surface area contributed by atoms with Gasteiger partial charge in [-0.1, -0.05) is 6.07 Å². The molecule has 0 radical (unpaired) electrons. The molecule has 1 amide bonds. The van der Waals surface area contributed by atoms with Gasteiger partial charge in [0.05, 0.1) is 48.5 Å². The van der Waals surface area contributed by atoms with Crippen LogP contribution in [0.25, 0.3) is 11.0 Å². The molecular formula is C23H26FN5O3. The molecule has 4 rings (SSSR count). The van der Waals surface area contributed by atoms with Gasteiger partial charge in [-0.05, 0) is 37.3 Å². The second-order valence-corrected chi connectivity index (χ2v) is 7.33. The van der Waals surface area contributed by atoms with Gasteiger partial charge in [0, 0.05) is 36.4 Å². The van der Waals surface area contributed by atoms with Gasteiger partial charge in [-0.3, -0.25) is 9.78 Å². The Morgan fingerprint density at radius 3 is 2.91 bits per heavy atom. The van der Waals surface area contributed by atoms with Crippen molar-refractivity contribution in [3.8, 4) is 0 Å². The highest BCUT2D eigenvalue weighted by Crippen LogP contribution is 2.28. The fourth-order valence-corrected chi connectivity index (χ4v) is 3.60. The van der Waals surface area contributed by atoms with Crippen LogP contribution in [-0.2, 0) is 4.74 Å². The fraction of sp³-hybridized carbons (Fsp3) is 0.348. The van der Waals surface area contributed by atoms with E-state index in [1.54, 1.807) is 25.3 Å². The minimum absolute atomic E-state index is 0.00746. The van der Waals surface area contributed by atoms with E-state index in [1.165, 1.54) is 24.3 Å². The molecule has 1 saturated heterocycles. The molecule has 168 valence electrons. The van der Waals surface area contributed by atoms with Crippen molar-refractivity contribution in [1.29, 1.82) is 0 Å². The number of fused-ring (bicyclic) bond motifs is 1. The number of carbonyl (C=O) groups excluding carboxylic acids is 1. The summed E-state index contributed by atoms with van der Waals surface area (Å²) in [5.74, 6) is -0.731. The fourth-order valence-electron chi connectivity index (χ4n) is 3.60. The highest BCUT2D eigenvalue weighted by Gasteiger charge is 2.19. The third-order valence-corrected chi connectivity index (χ3v) is 5.17. The number of nitrogens with one attached hydrogen (secondary N) is 2. The topological polar surface area (TPSA) is 99.6 Å². The van der Waals surface area contributed by atoms with Crippen LogP contribution in [0, 0.1) is 5.82 Å². The van der Waals surface area contributed by atoms with Crippen LogP contribution in [0.3, 0.4) is 0 Å². The first-order valence-electron chi connectivity index (χ1n) is 12.1. The van der Waals surface area contributed by atoms with Crippen molar-refractivity contribution >= 4 is 28.4 Å². The predicted octanol–water partition coefficient (Wildman–Crippen LogP) is 2.50. The number of hydrogen-bond donors (Lipinski definition) is 3. The smallest absolute Gasteiger partial charge is 0.251 e. The number of anilines is 2. The molecule has 8 nitrogen and oxygen atoms in total. The summed E-state index contributed by atoms with van der Waals surface area (Å²) >= 11 is 0. The number of halogens is 1. The van der Waals surface area contributed by atoms with Gasteiger partial charge in [-0.25, -0.2) is 9.37 Å². The van der Waals surface area contributed by atoms with Crippen molar-refractivity contribution in [3.05, 3.63) is 59.5 Å². The van der Waals surface area contributed by atoms with Crippen molar-refractivity contribution < 1.29 is 24.5 Å². The number of ether oxygens (including phenoxy) is 1. The van der Waals surface area contributed by atoms with E-state index in [1.807, 2.05) is 10.2 Å². The zero-order chi connectivity index (χ0) is 26.1. The number of nitrogens with zero attached hydrogens (tertiary/aromatic N) is 3. The molecule has 3 N–H and O–H groups in total. The molecule has 1 aliphatic heterocycles. The summed E-state index contributed by atoms with van der Waals surface area (Å²) in [5, 5.41) is 14.5. The summed E-state index contributed by atoms with van der Waals surface area (Å²) in [7, 11) is 0. The number of morpholine rings is 1. The van der Waals surface area contributed by atoms with E-state index < -0.39 is 30.8 Å². The molecule has 2 aromatic carbocycles. The minimum atomic E-state index is -3.30. The molecule has 32 heavy (non-hydrogen) atoms. The first-order valence-corrected chi connectivity index (χ1v) is 10.1. The van der Waals surface area contributed by atoms with E-state index >= 15 is 0 Å². The summed E-state index contributed by atoms with van der Waals surface area (Å²) < 4.78 is 49.0. The minimum Gasteiger partial charge on any atom is -0.395 e. The van der Waals surface area contributed by atoms with Gasteiger partial charge in [-0.15, -0.1) is 0 Å². The third kappa shape index (κ3) is 4.95. The zero-order valence-corrected chi connectivity index (χ0v) is 17.4. The lowest BCUT2D eigenvalue weighted by molar-refractivity contribution is 0.0944. The molecule has 2 heterocycles. The molecule has 1 fully saturated rings. The van der Waals surface area contributed by atoms with Gasteiger partial charge >= 0.3 is 0 Å². The van der Waals surface area contributed by atoms with Crippen molar-refractivity contribution in [2.75, 3.05) is 49.6 Å². The lowest BCUT2D eigenvalue weighted by Gasteiger charge is -2.28. The van der Waals surface area contributed by atoms with Gasteiger partial charge in [0.15, 0.2) is 0 Å². The second-order valence-electron chi connectivity index (χ2n) is 7.33. The monoisotopic (exact) mass is 443 g/mol. The Labute approximate surface area is 191 Å². The number of rotatable bonds is 7. The van der Waals surface area contributed by atoms with Crippen LogP contribution in [0.1, 0.15) is 34.4 Å². The van der Waals surface area contributed by atoms with Crippen LogP contribution in [0.2, 0.25) is 0 Å². The SMILES string of the molecule is [2H]C([2H])(O)C([2H])([2H])NC(=O)c1cc(C(C)Nc2cccc(F)c2)c2nc(N3CCOCC3)cnc2c1. The summed E-state index contributed by atoms with van der Waals surface area (Å²) in [5.41, 5.74) is 1.89. The van der Waals surface area contributed by atoms with Crippen LogP contribution in [-0.4, -0.2) is 60.3 Å². The van der Waals surface area contributed by atoms with E-state index in [2.05, 4.69) is 10.3 Å². The van der Waals surface area contributed by atoms with E-state index in [9.17, 15) is 14.3 Å². The molecule has 1 aromatic heterocycles. The van der Waals surface area contributed by atoms with Gasteiger partial charge in [0.2, 0.25) is 0 Å². The number of aliphatic hydroxyl groups is 1. The first kappa shape index (κ1) is 17.3. The normalized spacial score (nSPS) is 17.7. The zero-order valence-electron chi connectivity index (χ0n) is 21.4. The summed E-state index contributed by atoms with van der Waals surface area (Å²) in [6.45, 7) is -2.14. The molecular weight excluding hydrogens is 413 g/mol. The van der Waals surface area contributed by atoms with Gasteiger partial charge < -0.3 is 25.4 Å². The Morgan fingerprint density at radius 2 is 2.16 bits per heavy atom. The number of aromatic nitrogens is 2. The van der Waals surface area contributed by atoms with Gasteiger partial charge in [-0.2, -0.15) is 0 Å². The van der Waals surface area contributed by atoms with E-state index in [0.29, 0.717) is 54.4 Å². The molecule has 9 heteroatoms. The number of amides is 1. The Hall–Kier alpha value is -3.30. The summed E-state index contributed by atoms with van der Waals surface area (Å²) in [6.07, 6.45) is 1.58. The van der Waals surface area contributed by atoms with E-state index in [-0.39, 0.29) is 5.56 Å². The number of hydrogen-bond acceptors (Lipinski definition) is 7. The first-order chi connectivity index (χ1) is 16.9. The quantitative estimate of drug-likeness (QED) is 0.516. The number of benzene rings is 2. The Morgan fingerprint density at radius 1 is 1.34 bits per heavy atom. The second kappa shape index (κ2) is 9.88. The van der Waals surface area contributed by atoms with Crippen molar-refractivity contribution in [3.63, 3.8) is 0 Å². The van der Waals surface area contributed by atoms with Crippen molar-refractivity contribution in [2.45, 2.75) is 13.0 Å². The highest BCUT2D eigenvalue weighted by atomic mass is 19.1. The molecule has 0 bridgehead atoms. The average Bonchev–Trinajstić information content (AvgIpc) is 2.82. The largest absolute Gasteiger partial charge is 0.395 e. The maximum absolute atomic E-state index is 13.7.